The van der Waals surface area contributed by atoms with Crippen LogP contribution in [0.15, 0.2) is 18.2 Å². The molecule has 0 heterocycles. The molecular weight excluding hydrogens is 225 g/mol. The average molecular weight is 234 g/mol. The highest BCUT2D eigenvalue weighted by atomic mass is 35.5. The highest BCUT2D eigenvalue weighted by Gasteiger charge is 2.18. The Kier molecular flexibility index (Phi) is 3.75. The molecule has 3 nitrogen and oxygen atoms in total. The van der Waals surface area contributed by atoms with Crippen LogP contribution in [0.1, 0.15) is 10.4 Å². The summed E-state index contributed by atoms with van der Waals surface area (Å²) in [6.45, 7) is 0. The number of carbonyl (C=O) groups is 1. The van der Waals surface area contributed by atoms with Crippen molar-refractivity contribution < 1.29 is 9.63 Å². The summed E-state index contributed by atoms with van der Waals surface area (Å²) in [6, 6.07) is 4.88. The topological polar surface area (TPSA) is 29.5 Å². The Bertz CT molecular complexity index is 334. The molecule has 0 bridgehead atoms. The van der Waals surface area contributed by atoms with E-state index in [4.69, 9.17) is 28.0 Å². The summed E-state index contributed by atoms with van der Waals surface area (Å²) in [7, 11) is 2.88. The van der Waals surface area contributed by atoms with Crippen LogP contribution in [0.5, 0.6) is 0 Å². The van der Waals surface area contributed by atoms with Crippen molar-refractivity contribution in [2.75, 3.05) is 14.2 Å². The fourth-order valence-electron chi connectivity index (χ4n) is 0.942. The highest BCUT2D eigenvalue weighted by Crippen LogP contribution is 2.25. The molecule has 0 saturated heterocycles. The summed E-state index contributed by atoms with van der Waals surface area (Å²) < 4.78 is 0. The predicted octanol–water partition coefficient (Wildman–Crippen LogP) is 2.63. The van der Waals surface area contributed by atoms with Crippen LogP contribution in [0, 0.1) is 0 Å². The SMILES string of the molecule is CON(C)C(=O)c1c(Cl)cccc1Cl. The summed E-state index contributed by atoms with van der Waals surface area (Å²) in [5, 5.41) is 1.69. The molecule has 0 unspecified atom stereocenters. The molecule has 14 heavy (non-hydrogen) atoms. The van der Waals surface area contributed by atoms with Crippen molar-refractivity contribution >= 4 is 29.1 Å². The first kappa shape index (κ1) is 11.3. The van der Waals surface area contributed by atoms with Gasteiger partial charge in [0.05, 0.1) is 22.7 Å². The lowest BCUT2D eigenvalue weighted by molar-refractivity contribution is -0.0756. The molecule has 1 aromatic carbocycles. The molecule has 1 aromatic rings. The van der Waals surface area contributed by atoms with Gasteiger partial charge in [0.1, 0.15) is 0 Å². The van der Waals surface area contributed by atoms with Crippen molar-refractivity contribution in [1.82, 2.24) is 5.06 Å². The first-order valence-corrected chi connectivity index (χ1v) is 4.59. The van der Waals surface area contributed by atoms with Crippen LogP contribution < -0.4 is 0 Å². The number of amides is 1. The van der Waals surface area contributed by atoms with Crippen molar-refractivity contribution in [2.45, 2.75) is 0 Å². The number of carbonyl (C=O) groups excluding carboxylic acids is 1. The normalized spacial score (nSPS) is 10.0. The predicted molar refractivity (Wildman–Crippen MR) is 55.6 cm³/mol. The third-order valence-electron chi connectivity index (χ3n) is 1.74. The van der Waals surface area contributed by atoms with E-state index < -0.39 is 0 Å². The molecular formula is C9H9Cl2NO2. The lowest BCUT2D eigenvalue weighted by Gasteiger charge is -2.15. The van der Waals surface area contributed by atoms with Gasteiger partial charge in [-0.15, -0.1) is 0 Å². The molecule has 0 aromatic heterocycles. The van der Waals surface area contributed by atoms with Crippen LogP contribution in [-0.4, -0.2) is 25.1 Å². The smallest absolute Gasteiger partial charge is 0.274 e. The lowest BCUT2D eigenvalue weighted by atomic mass is 10.2. The van der Waals surface area contributed by atoms with Crippen LogP contribution in [-0.2, 0) is 4.84 Å². The Morgan fingerprint density at radius 1 is 1.36 bits per heavy atom. The van der Waals surface area contributed by atoms with E-state index in [1.54, 1.807) is 18.2 Å². The Hall–Kier alpha value is -0.770. The summed E-state index contributed by atoms with van der Waals surface area (Å²) in [5.41, 5.74) is 0.250. The van der Waals surface area contributed by atoms with Gasteiger partial charge >= 0.3 is 0 Å². The third kappa shape index (κ3) is 2.18. The molecule has 1 amide bonds. The van der Waals surface area contributed by atoms with Crippen LogP contribution >= 0.6 is 23.2 Å². The number of nitrogens with zero attached hydrogens (tertiary/aromatic N) is 1. The van der Waals surface area contributed by atoms with Gasteiger partial charge in [0.25, 0.3) is 5.91 Å². The molecule has 0 saturated carbocycles. The maximum Gasteiger partial charge on any atom is 0.280 e. The Morgan fingerprint density at radius 2 is 1.86 bits per heavy atom. The van der Waals surface area contributed by atoms with Crippen molar-refractivity contribution in [3.05, 3.63) is 33.8 Å². The fraction of sp³-hybridized carbons (Fsp3) is 0.222. The van der Waals surface area contributed by atoms with Gasteiger partial charge in [0, 0.05) is 7.05 Å². The van der Waals surface area contributed by atoms with E-state index in [1.807, 2.05) is 0 Å². The van der Waals surface area contributed by atoms with E-state index >= 15 is 0 Å². The van der Waals surface area contributed by atoms with Gasteiger partial charge in [-0.1, -0.05) is 29.3 Å². The van der Waals surface area contributed by atoms with Crippen molar-refractivity contribution in [3.63, 3.8) is 0 Å². The highest BCUT2D eigenvalue weighted by molar-refractivity contribution is 6.39. The van der Waals surface area contributed by atoms with Gasteiger partial charge in [-0.25, -0.2) is 5.06 Å². The van der Waals surface area contributed by atoms with E-state index in [0.717, 1.165) is 5.06 Å². The van der Waals surface area contributed by atoms with Crippen LogP contribution in [0.3, 0.4) is 0 Å². The molecule has 5 heteroatoms. The fourth-order valence-corrected chi connectivity index (χ4v) is 1.50. The Labute approximate surface area is 92.1 Å². The van der Waals surface area contributed by atoms with Crippen LogP contribution in [0.25, 0.3) is 0 Å². The minimum Gasteiger partial charge on any atom is -0.274 e. The number of hydrogen-bond acceptors (Lipinski definition) is 2. The number of rotatable bonds is 2. The van der Waals surface area contributed by atoms with Crippen molar-refractivity contribution in [2.24, 2.45) is 0 Å². The van der Waals surface area contributed by atoms with Gasteiger partial charge in [-0.05, 0) is 12.1 Å². The molecule has 0 spiro atoms. The number of benzene rings is 1. The molecule has 0 fully saturated rings. The zero-order chi connectivity index (χ0) is 10.7. The second-order valence-electron chi connectivity index (χ2n) is 2.58. The Morgan fingerprint density at radius 3 is 2.29 bits per heavy atom. The Balaban J connectivity index is 3.12. The van der Waals surface area contributed by atoms with E-state index in [0.29, 0.717) is 10.0 Å². The van der Waals surface area contributed by atoms with Crippen molar-refractivity contribution in [1.29, 1.82) is 0 Å². The zero-order valence-electron chi connectivity index (χ0n) is 7.75. The molecule has 0 radical (unpaired) electrons. The van der Waals surface area contributed by atoms with Gasteiger partial charge in [-0.2, -0.15) is 0 Å². The van der Waals surface area contributed by atoms with Crippen molar-refractivity contribution in [3.8, 4) is 0 Å². The summed E-state index contributed by atoms with van der Waals surface area (Å²) >= 11 is 11.7. The van der Waals surface area contributed by atoms with E-state index in [2.05, 4.69) is 0 Å². The molecule has 0 aliphatic rings. The number of hydroxylamine groups is 2. The van der Waals surface area contributed by atoms with Gasteiger partial charge < -0.3 is 0 Å². The molecule has 1 rings (SSSR count). The van der Waals surface area contributed by atoms with Crippen LogP contribution in [0.4, 0.5) is 0 Å². The standard InChI is InChI=1S/C9H9Cl2NO2/c1-12(14-2)9(13)8-6(10)4-3-5-7(8)11/h3-5H,1-2H3. The lowest BCUT2D eigenvalue weighted by Crippen LogP contribution is -2.25. The zero-order valence-corrected chi connectivity index (χ0v) is 9.26. The van der Waals surface area contributed by atoms with Gasteiger partial charge in [0.2, 0.25) is 0 Å². The summed E-state index contributed by atoms with van der Waals surface area (Å²) in [6.07, 6.45) is 0. The number of halogens is 2. The molecule has 76 valence electrons. The van der Waals surface area contributed by atoms with E-state index in [1.165, 1.54) is 14.2 Å². The van der Waals surface area contributed by atoms with E-state index in [-0.39, 0.29) is 11.5 Å². The minimum absolute atomic E-state index is 0.250. The minimum atomic E-state index is -0.372. The quantitative estimate of drug-likeness (QED) is 0.736. The second-order valence-corrected chi connectivity index (χ2v) is 3.40. The first-order chi connectivity index (χ1) is 6.57. The monoisotopic (exact) mass is 233 g/mol. The summed E-state index contributed by atoms with van der Waals surface area (Å²) in [5.74, 6) is -0.372. The molecule has 0 N–H and O–H groups in total. The van der Waals surface area contributed by atoms with E-state index in [9.17, 15) is 4.79 Å². The maximum atomic E-state index is 11.6. The second kappa shape index (κ2) is 4.64. The third-order valence-corrected chi connectivity index (χ3v) is 2.37. The number of hydrogen-bond donors (Lipinski definition) is 0. The maximum absolute atomic E-state index is 11.6. The van der Waals surface area contributed by atoms with Crippen LogP contribution in [0.2, 0.25) is 10.0 Å². The van der Waals surface area contributed by atoms with Gasteiger partial charge in [-0.3, -0.25) is 9.63 Å². The van der Waals surface area contributed by atoms with Gasteiger partial charge in [0.15, 0.2) is 0 Å². The molecule has 0 aliphatic heterocycles. The summed E-state index contributed by atoms with van der Waals surface area (Å²) in [4.78, 5) is 16.4. The average Bonchev–Trinajstić information content (AvgIpc) is 2.16. The molecule has 0 aliphatic carbocycles. The first-order valence-electron chi connectivity index (χ1n) is 3.84. The molecule has 0 atom stereocenters. The largest absolute Gasteiger partial charge is 0.280 e.